The molecule has 2 aliphatic rings. The average molecular weight is 429 g/mol. The highest BCUT2D eigenvalue weighted by molar-refractivity contribution is 7.98. The van der Waals surface area contributed by atoms with Crippen LogP contribution in [-0.4, -0.2) is 78.1 Å². The monoisotopic (exact) mass is 428 g/mol. The zero-order valence-electron chi connectivity index (χ0n) is 18.3. The van der Waals surface area contributed by atoms with Crippen LogP contribution in [-0.2, 0) is 5.75 Å². The van der Waals surface area contributed by atoms with Crippen LogP contribution in [0.3, 0.4) is 0 Å². The Hall–Kier alpha value is -1.83. The molecule has 30 heavy (non-hydrogen) atoms. The van der Waals surface area contributed by atoms with Crippen LogP contribution < -0.4 is 0 Å². The van der Waals surface area contributed by atoms with Gasteiger partial charge < -0.3 is 14.3 Å². The minimum Gasteiger partial charge on any atom is -0.361 e. The number of hydrogen-bond acceptors (Lipinski definition) is 6. The summed E-state index contributed by atoms with van der Waals surface area (Å²) in [5.41, 5.74) is 2.85. The number of nitrogens with zero attached hydrogens (tertiary/aromatic N) is 4. The molecule has 0 bridgehead atoms. The molecule has 0 aliphatic carbocycles. The molecule has 1 aromatic heterocycles. The smallest absolute Gasteiger partial charge is 0.255 e. The number of aryl methyl sites for hydroxylation is 2. The number of rotatable bonds is 5. The summed E-state index contributed by atoms with van der Waals surface area (Å²) >= 11 is 1.69. The Labute approximate surface area is 183 Å². The second-order valence-electron chi connectivity index (χ2n) is 8.47. The summed E-state index contributed by atoms with van der Waals surface area (Å²) in [5.74, 6) is 1.76. The number of piperidine rings is 1. The van der Waals surface area contributed by atoms with Crippen molar-refractivity contribution in [1.82, 2.24) is 19.9 Å². The van der Waals surface area contributed by atoms with Gasteiger partial charge in [-0.05, 0) is 52.4 Å². The van der Waals surface area contributed by atoms with Gasteiger partial charge in [-0.25, -0.2) is 0 Å². The van der Waals surface area contributed by atoms with Gasteiger partial charge in [0.25, 0.3) is 5.91 Å². The van der Waals surface area contributed by atoms with Gasteiger partial charge in [-0.2, -0.15) is 0 Å². The summed E-state index contributed by atoms with van der Waals surface area (Å²) < 4.78 is 5.28. The first kappa shape index (κ1) is 21.4. The quantitative estimate of drug-likeness (QED) is 0.680. The molecule has 0 saturated carbocycles. The number of aromatic nitrogens is 1. The van der Waals surface area contributed by atoms with E-state index < -0.39 is 0 Å². The number of carbonyl (C=O) groups excluding carboxylic acids is 1. The summed E-state index contributed by atoms with van der Waals surface area (Å²) in [6.45, 7) is 9.82. The van der Waals surface area contributed by atoms with Gasteiger partial charge in [0.05, 0.1) is 11.3 Å². The fourth-order valence-corrected chi connectivity index (χ4v) is 5.72. The van der Waals surface area contributed by atoms with Crippen LogP contribution >= 0.6 is 11.8 Å². The van der Waals surface area contributed by atoms with E-state index in [1.165, 1.54) is 19.4 Å². The number of carbonyl (C=O) groups is 1. The molecule has 0 radical (unpaired) electrons. The van der Waals surface area contributed by atoms with Crippen LogP contribution in [0, 0.1) is 13.8 Å². The first-order valence-electron chi connectivity index (χ1n) is 10.9. The maximum absolute atomic E-state index is 13.3. The third-order valence-electron chi connectivity index (χ3n) is 6.39. The lowest BCUT2D eigenvalue weighted by atomic mass is 10.0. The molecule has 2 aromatic rings. The SMILES string of the molecule is Cc1noc(C)c1CSc1ccccc1C(=O)N1CCN(C2CCCN(C)C2)CC1. The fourth-order valence-electron chi connectivity index (χ4n) is 4.52. The number of likely N-dealkylation sites (N-methyl/N-ethyl adjacent to an activating group) is 1. The molecule has 4 rings (SSSR count). The Kier molecular flexibility index (Phi) is 6.80. The first-order valence-corrected chi connectivity index (χ1v) is 11.9. The summed E-state index contributed by atoms with van der Waals surface area (Å²) in [4.78, 5) is 21.4. The molecule has 1 amide bonds. The minimum atomic E-state index is 0.150. The Morgan fingerprint density at radius 1 is 1.17 bits per heavy atom. The number of likely N-dealkylation sites (tertiary alicyclic amines) is 1. The first-order chi connectivity index (χ1) is 14.5. The molecule has 0 spiro atoms. The second-order valence-corrected chi connectivity index (χ2v) is 9.49. The number of benzene rings is 1. The van der Waals surface area contributed by atoms with Crippen molar-refractivity contribution in [3.63, 3.8) is 0 Å². The molecular weight excluding hydrogens is 396 g/mol. The summed E-state index contributed by atoms with van der Waals surface area (Å²) in [6.07, 6.45) is 2.55. The van der Waals surface area contributed by atoms with E-state index >= 15 is 0 Å². The van der Waals surface area contributed by atoms with Crippen LogP contribution in [0.15, 0.2) is 33.7 Å². The van der Waals surface area contributed by atoms with Crippen molar-refractivity contribution < 1.29 is 9.32 Å². The number of thioether (sulfide) groups is 1. The second kappa shape index (κ2) is 9.54. The lowest BCUT2D eigenvalue weighted by Gasteiger charge is -2.42. The van der Waals surface area contributed by atoms with E-state index in [9.17, 15) is 4.79 Å². The van der Waals surface area contributed by atoms with Gasteiger partial charge in [-0.3, -0.25) is 9.69 Å². The van der Waals surface area contributed by atoms with Crippen LogP contribution in [0.2, 0.25) is 0 Å². The fraction of sp³-hybridized carbons (Fsp3) is 0.565. The van der Waals surface area contributed by atoms with E-state index in [-0.39, 0.29) is 5.91 Å². The predicted molar refractivity (Wildman–Crippen MR) is 120 cm³/mol. The van der Waals surface area contributed by atoms with Gasteiger partial charge in [-0.1, -0.05) is 17.3 Å². The van der Waals surface area contributed by atoms with E-state index in [4.69, 9.17) is 4.52 Å². The van der Waals surface area contributed by atoms with E-state index in [1.54, 1.807) is 11.8 Å². The summed E-state index contributed by atoms with van der Waals surface area (Å²) in [5, 5.41) is 4.04. The highest BCUT2D eigenvalue weighted by atomic mass is 32.2. The predicted octanol–water partition coefficient (Wildman–Crippen LogP) is 3.44. The van der Waals surface area contributed by atoms with Crippen molar-refractivity contribution in [2.24, 2.45) is 0 Å². The van der Waals surface area contributed by atoms with Crippen molar-refractivity contribution in [3.05, 3.63) is 46.8 Å². The molecule has 2 aliphatic heterocycles. The van der Waals surface area contributed by atoms with Crippen LogP contribution in [0.4, 0.5) is 0 Å². The topological polar surface area (TPSA) is 52.8 Å². The van der Waals surface area contributed by atoms with Crippen molar-refractivity contribution in [1.29, 1.82) is 0 Å². The number of piperazine rings is 1. The molecule has 1 unspecified atom stereocenters. The lowest BCUT2D eigenvalue weighted by Crippen LogP contribution is -2.55. The van der Waals surface area contributed by atoms with Crippen molar-refractivity contribution in [2.75, 3.05) is 46.3 Å². The largest absolute Gasteiger partial charge is 0.361 e. The molecule has 2 saturated heterocycles. The lowest BCUT2D eigenvalue weighted by molar-refractivity contribution is 0.0450. The Morgan fingerprint density at radius 3 is 2.63 bits per heavy atom. The van der Waals surface area contributed by atoms with Gasteiger partial charge in [-0.15, -0.1) is 11.8 Å². The van der Waals surface area contributed by atoms with E-state index in [0.717, 1.165) is 66.0 Å². The molecule has 3 heterocycles. The van der Waals surface area contributed by atoms with Gasteiger partial charge in [0, 0.05) is 55.0 Å². The zero-order valence-corrected chi connectivity index (χ0v) is 19.1. The van der Waals surface area contributed by atoms with Crippen LogP contribution in [0.5, 0.6) is 0 Å². The van der Waals surface area contributed by atoms with E-state index in [1.807, 2.05) is 43.0 Å². The molecule has 7 heteroatoms. The van der Waals surface area contributed by atoms with Crippen LogP contribution in [0.25, 0.3) is 0 Å². The maximum Gasteiger partial charge on any atom is 0.255 e. The highest BCUT2D eigenvalue weighted by Gasteiger charge is 2.29. The molecule has 1 aromatic carbocycles. The van der Waals surface area contributed by atoms with Crippen molar-refractivity contribution >= 4 is 17.7 Å². The normalized spacial score (nSPS) is 21.2. The van der Waals surface area contributed by atoms with Gasteiger partial charge >= 0.3 is 0 Å². The van der Waals surface area contributed by atoms with E-state index in [0.29, 0.717) is 6.04 Å². The standard InChI is InChI=1S/C23H32N4O2S/c1-17-21(18(2)29-24-17)16-30-22-9-5-4-8-20(22)23(28)27-13-11-26(12-14-27)19-7-6-10-25(3)15-19/h4-5,8-9,19H,6-7,10-16H2,1-3H3. The highest BCUT2D eigenvalue weighted by Crippen LogP contribution is 2.30. The van der Waals surface area contributed by atoms with E-state index in [2.05, 4.69) is 22.0 Å². The molecule has 162 valence electrons. The summed E-state index contributed by atoms with van der Waals surface area (Å²) in [7, 11) is 2.21. The Morgan fingerprint density at radius 2 is 1.93 bits per heavy atom. The Balaban J connectivity index is 1.38. The van der Waals surface area contributed by atoms with Gasteiger partial charge in [0.2, 0.25) is 0 Å². The number of amides is 1. The molecule has 6 nitrogen and oxygen atoms in total. The third kappa shape index (κ3) is 4.74. The zero-order chi connectivity index (χ0) is 21.1. The average Bonchev–Trinajstić information content (AvgIpc) is 3.09. The van der Waals surface area contributed by atoms with Crippen molar-refractivity contribution in [3.8, 4) is 0 Å². The van der Waals surface area contributed by atoms with Gasteiger partial charge in [0.1, 0.15) is 5.76 Å². The number of hydrogen-bond donors (Lipinski definition) is 0. The maximum atomic E-state index is 13.3. The molecule has 0 N–H and O–H groups in total. The summed E-state index contributed by atoms with van der Waals surface area (Å²) in [6, 6.07) is 8.61. The third-order valence-corrected chi connectivity index (χ3v) is 7.49. The molecule has 2 fully saturated rings. The van der Waals surface area contributed by atoms with Crippen molar-refractivity contribution in [2.45, 2.75) is 43.4 Å². The molecule has 1 atom stereocenters. The van der Waals surface area contributed by atoms with Gasteiger partial charge in [0.15, 0.2) is 0 Å². The minimum absolute atomic E-state index is 0.150. The Bertz CT molecular complexity index is 856. The van der Waals surface area contributed by atoms with Crippen LogP contribution in [0.1, 0.15) is 40.2 Å². The molecular formula is C23H32N4O2S.